The van der Waals surface area contributed by atoms with Crippen LogP contribution in [0.2, 0.25) is 0 Å². The molecule has 1 heterocycles. The first-order valence-corrected chi connectivity index (χ1v) is 7.80. The van der Waals surface area contributed by atoms with E-state index in [1.54, 1.807) is 5.38 Å². The number of rotatable bonds is 8. The fourth-order valence-corrected chi connectivity index (χ4v) is 2.53. The van der Waals surface area contributed by atoms with Crippen LogP contribution in [0.15, 0.2) is 5.38 Å². The first-order valence-electron chi connectivity index (χ1n) is 6.92. The second kappa shape index (κ2) is 7.51. The van der Waals surface area contributed by atoms with E-state index in [0.29, 0.717) is 18.7 Å². The van der Waals surface area contributed by atoms with Gasteiger partial charge in [0, 0.05) is 18.3 Å². The van der Waals surface area contributed by atoms with Crippen LogP contribution in [0, 0.1) is 5.41 Å². The number of carbonyl (C=O) groups is 2. The molecular formula is C14H23N3O3S. The van der Waals surface area contributed by atoms with Crippen molar-refractivity contribution in [3.05, 3.63) is 16.1 Å². The maximum absolute atomic E-state index is 11.9. The number of carbonyl (C=O) groups excluding carboxylic acids is 1. The van der Waals surface area contributed by atoms with Gasteiger partial charge >= 0.3 is 5.97 Å². The second-order valence-corrected chi connectivity index (χ2v) is 6.81. The highest BCUT2D eigenvalue weighted by atomic mass is 32.1. The molecule has 0 spiro atoms. The van der Waals surface area contributed by atoms with Gasteiger partial charge in [-0.25, -0.2) is 4.98 Å². The molecular weight excluding hydrogens is 290 g/mol. The van der Waals surface area contributed by atoms with Crippen LogP contribution < -0.4 is 11.1 Å². The molecule has 0 aromatic carbocycles. The molecule has 118 valence electrons. The Kier molecular flexibility index (Phi) is 6.29. The van der Waals surface area contributed by atoms with Gasteiger partial charge in [-0.2, -0.15) is 0 Å². The van der Waals surface area contributed by atoms with Crippen molar-refractivity contribution in [2.75, 3.05) is 6.54 Å². The lowest BCUT2D eigenvalue weighted by molar-refractivity contribution is -0.137. The summed E-state index contributed by atoms with van der Waals surface area (Å²) in [7, 11) is 0. The van der Waals surface area contributed by atoms with E-state index in [9.17, 15) is 9.59 Å². The Morgan fingerprint density at radius 1 is 1.48 bits per heavy atom. The summed E-state index contributed by atoms with van der Waals surface area (Å²) in [4.78, 5) is 26.7. The largest absolute Gasteiger partial charge is 0.481 e. The number of aromatic nitrogens is 1. The van der Waals surface area contributed by atoms with E-state index in [-0.39, 0.29) is 23.8 Å². The average Bonchev–Trinajstić information content (AvgIpc) is 2.86. The molecule has 0 saturated carbocycles. The topological polar surface area (TPSA) is 105 Å². The predicted molar refractivity (Wildman–Crippen MR) is 82.3 cm³/mol. The molecule has 6 nitrogen and oxygen atoms in total. The molecule has 0 aliphatic rings. The molecule has 1 aromatic heterocycles. The molecule has 0 bridgehead atoms. The monoisotopic (exact) mass is 313 g/mol. The lowest BCUT2D eigenvalue weighted by Crippen LogP contribution is -2.28. The van der Waals surface area contributed by atoms with Gasteiger partial charge in [-0.05, 0) is 25.2 Å². The summed E-state index contributed by atoms with van der Waals surface area (Å²) in [5.74, 6) is -1.01. The van der Waals surface area contributed by atoms with Crippen LogP contribution >= 0.6 is 11.3 Å². The molecule has 1 aromatic rings. The molecule has 7 heteroatoms. The van der Waals surface area contributed by atoms with Crippen LogP contribution in [0.4, 0.5) is 0 Å². The van der Waals surface area contributed by atoms with Gasteiger partial charge in [0.1, 0.15) is 10.7 Å². The fourth-order valence-electron chi connectivity index (χ4n) is 1.78. The molecule has 21 heavy (non-hydrogen) atoms. The molecule has 1 amide bonds. The zero-order chi connectivity index (χ0) is 16.0. The molecule has 0 saturated heterocycles. The van der Waals surface area contributed by atoms with Crippen LogP contribution in [0.1, 0.15) is 61.6 Å². The minimum atomic E-state index is -0.794. The average molecular weight is 313 g/mol. The predicted octanol–water partition coefficient (Wildman–Crippen LogP) is 2.17. The molecule has 1 unspecified atom stereocenters. The van der Waals surface area contributed by atoms with Crippen LogP contribution in [-0.2, 0) is 4.79 Å². The SMILES string of the molecule is CC(N)c1nc(C(=O)NCCC(C)(C)CCC(=O)O)cs1. The number of aliphatic carboxylic acids is 1. The summed E-state index contributed by atoms with van der Waals surface area (Å²) in [5, 5.41) is 13.9. The number of carboxylic acid groups (broad SMARTS) is 1. The third-order valence-corrected chi connectivity index (χ3v) is 4.29. The third kappa shape index (κ3) is 6.22. The molecule has 1 rings (SSSR count). The highest BCUT2D eigenvalue weighted by Gasteiger charge is 2.20. The standard InChI is InChI=1S/C14H23N3O3S/c1-9(15)13-17-10(8-21-13)12(20)16-7-6-14(2,3)5-4-11(18)19/h8-9H,4-7,15H2,1-3H3,(H,16,20)(H,18,19). The summed E-state index contributed by atoms with van der Waals surface area (Å²) >= 11 is 1.37. The highest BCUT2D eigenvalue weighted by molar-refractivity contribution is 7.09. The molecule has 4 N–H and O–H groups in total. The lowest BCUT2D eigenvalue weighted by Gasteiger charge is -2.23. The maximum Gasteiger partial charge on any atom is 0.303 e. The number of nitrogens with one attached hydrogen (secondary N) is 1. The van der Waals surface area contributed by atoms with Crippen molar-refractivity contribution in [1.82, 2.24) is 10.3 Å². The molecule has 0 radical (unpaired) electrons. The molecule has 0 fully saturated rings. The number of thiazole rings is 1. The van der Waals surface area contributed by atoms with E-state index in [4.69, 9.17) is 10.8 Å². The van der Waals surface area contributed by atoms with Crippen molar-refractivity contribution in [2.45, 2.75) is 46.1 Å². The normalized spacial score (nSPS) is 13.0. The Hall–Kier alpha value is -1.47. The smallest absolute Gasteiger partial charge is 0.303 e. The van der Waals surface area contributed by atoms with E-state index >= 15 is 0 Å². The van der Waals surface area contributed by atoms with Crippen molar-refractivity contribution in [1.29, 1.82) is 0 Å². The summed E-state index contributed by atoms with van der Waals surface area (Å²) in [6.07, 6.45) is 1.45. The Balaban J connectivity index is 2.40. The zero-order valence-electron chi connectivity index (χ0n) is 12.7. The van der Waals surface area contributed by atoms with E-state index in [0.717, 1.165) is 11.4 Å². The number of hydrogen-bond acceptors (Lipinski definition) is 5. The quantitative estimate of drug-likeness (QED) is 0.682. The van der Waals surface area contributed by atoms with E-state index in [2.05, 4.69) is 10.3 Å². The minimum absolute atomic E-state index is 0.120. The van der Waals surface area contributed by atoms with Gasteiger partial charge in [0.2, 0.25) is 0 Å². The van der Waals surface area contributed by atoms with E-state index in [1.165, 1.54) is 11.3 Å². The van der Waals surface area contributed by atoms with E-state index < -0.39 is 5.97 Å². The summed E-state index contributed by atoms with van der Waals surface area (Å²) in [6.45, 7) is 6.32. The van der Waals surface area contributed by atoms with Crippen molar-refractivity contribution < 1.29 is 14.7 Å². The molecule has 1 atom stereocenters. The summed E-state index contributed by atoms with van der Waals surface area (Å²) in [6, 6.07) is -0.175. The Morgan fingerprint density at radius 2 is 2.14 bits per heavy atom. The van der Waals surface area contributed by atoms with Crippen LogP contribution in [0.3, 0.4) is 0 Å². The van der Waals surface area contributed by atoms with Gasteiger partial charge in [0.25, 0.3) is 5.91 Å². The van der Waals surface area contributed by atoms with Gasteiger partial charge in [0.05, 0.1) is 6.04 Å². The van der Waals surface area contributed by atoms with Gasteiger partial charge in [-0.1, -0.05) is 13.8 Å². The maximum atomic E-state index is 11.9. The number of hydrogen-bond donors (Lipinski definition) is 3. The van der Waals surface area contributed by atoms with Crippen LogP contribution in [-0.4, -0.2) is 28.5 Å². The number of amides is 1. The van der Waals surface area contributed by atoms with Crippen molar-refractivity contribution in [3.8, 4) is 0 Å². The van der Waals surface area contributed by atoms with Crippen molar-refractivity contribution >= 4 is 23.2 Å². The van der Waals surface area contributed by atoms with Crippen molar-refractivity contribution in [3.63, 3.8) is 0 Å². The minimum Gasteiger partial charge on any atom is -0.481 e. The van der Waals surface area contributed by atoms with Gasteiger partial charge < -0.3 is 16.2 Å². The Morgan fingerprint density at radius 3 is 2.67 bits per heavy atom. The van der Waals surface area contributed by atoms with Gasteiger partial charge in [0.15, 0.2) is 0 Å². The number of nitrogens with zero attached hydrogens (tertiary/aromatic N) is 1. The van der Waals surface area contributed by atoms with E-state index in [1.807, 2.05) is 20.8 Å². The second-order valence-electron chi connectivity index (χ2n) is 5.92. The highest BCUT2D eigenvalue weighted by Crippen LogP contribution is 2.26. The zero-order valence-corrected chi connectivity index (χ0v) is 13.5. The third-order valence-electron chi connectivity index (χ3n) is 3.25. The summed E-state index contributed by atoms with van der Waals surface area (Å²) < 4.78 is 0. The Labute approximate surface area is 128 Å². The first-order chi connectivity index (χ1) is 9.71. The molecule has 0 aliphatic heterocycles. The van der Waals surface area contributed by atoms with Gasteiger partial charge in [-0.15, -0.1) is 11.3 Å². The number of nitrogens with two attached hydrogens (primary N) is 1. The lowest BCUT2D eigenvalue weighted by atomic mass is 9.84. The number of carboxylic acids is 1. The Bertz CT molecular complexity index is 497. The van der Waals surface area contributed by atoms with Crippen LogP contribution in [0.25, 0.3) is 0 Å². The van der Waals surface area contributed by atoms with Crippen molar-refractivity contribution in [2.24, 2.45) is 11.1 Å². The van der Waals surface area contributed by atoms with Crippen LogP contribution in [0.5, 0.6) is 0 Å². The summed E-state index contributed by atoms with van der Waals surface area (Å²) in [5.41, 5.74) is 5.97. The first kappa shape index (κ1) is 17.6. The fraction of sp³-hybridized carbons (Fsp3) is 0.643. The molecule has 0 aliphatic carbocycles. The van der Waals surface area contributed by atoms with Gasteiger partial charge in [-0.3, -0.25) is 9.59 Å².